The van der Waals surface area contributed by atoms with Crippen LogP contribution < -0.4 is 24.8 Å². The molecule has 318 valence electrons. The van der Waals surface area contributed by atoms with Gasteiger partial charge in [0, 0.05) is 0 Å². The molecule has 6 aromatic carbocycles. The number of benzene rings is 4. The summed E-state index contributed by atoms with van der Waals surface area (Å²) in [5.41, 5.74) is 15.9. The van der Waals surface area contributed by atoms with Crippen molar-refractivity contribution in [2.45, 2.75) is 113 Å². The molecule has 0 radical (unpaired) electrons. The van der Waals surface area contributed by atoms with Crippen molar-refractivity contribution in [3.8, 4) is 44.9 Å². The normalized spacial score (nSPS) is 12.3. The van der Waals surface area contributed by atoms with Gasteiger partial charge in [-0.2, -0.15) is 12.8 Å². The van der Waals surface area contributed by atoms with E-state index in [-0.39, 0.29) is 61.8 Å². The summed E-state index contributed by atoms with van der Waals surface area (Å²) in [4.78, 5) is 0. The van der Waals surface area contributed by atoms with Gasteiger partial charge in [-0.1, -0.05) is 123 Å². The van der Waals surface area contributed by atoms with Crippen LogP contribution in [0.3, 0.4) is 0 Å². The first-order chi connectivity index (χ1) is 27.5. The van der Waals surface area contributed by atoms with E-state index in [4.69, 9.17) is 8.83 Å². The first-order valence-electron chi connectivity index (χ1n) is 21.1. The number of fused-ring (bicyclic) bond motifs is 2. The van der Waals surface area contributed by atoms with Crippen LogP contribution in [-0.2, 0) is 37.0 Å². The molecule has 0 atom stereocenters. The number of rotatable bonds is 4. The summed E-state index contributed by atoms with van der Waals surface area (Å²) in [7, 11) is 0. The third-order valence-corrected chi connectivity index (χ3v) is 12.0. The van der Waals surface area contributed by atoms with E-state index in [1.54, 1.807) is 0 Å². The SMILES string of the molecule is Cc1ccc(-c2cc3c(-c4ccc(C(C)(C)C)cc4)c(C)c(C)cc3[cH-]2)o1.Cc1ccc(-c2cc3c(-c4ccc(C(C)(C)C)cc4)c(C)c(C)cc3[cH-]2)o1.[CH-]1CCC1.[Cl-].[Cl-].[Zr+2]. The fourth-order valence-electron chi connectivity index (χ4n) is 7.89. The second kappa shape index (κ2) is 20.1. The molecule has 0 unspecified atom stereocenters. The molecule has 0 bridgehead atoms. The number of hydrogen-bond acceptors (Lipinski definition) is 2. The maximum absolute atomic E-state index is 5.86. The monoisotopic (exact) mass is 925 g/mol. The first kappa shape index (κ1) is 49.8. The van der Waals surface area contributed by atoms with Crippen molar-refractivity contribution < 1.29 is 59.9 Å². The Hall–Kier alpha value is -3.88. The maximum atomic E-state index is 5.86. The van der Waals surface area contributed by atoms with Gasteiger partial charge in [-0.3, -0.25) is 0 Å². The molecular formula is C56H61Cl2O2Zr-3. The predicted octanol–water partition coefficient (Wildman–Crippen LogP) is 10.8. The van der Waals surface area contributed by atoms with E-state index in [9.17, 15) is 0 Å². The summed E-state index contributed by atoms with van der Waals surface area (Å²) in [6.45, 7) is 26.4. The van der Waals surface area contributed by atoms with Crippen LogP contribution in [0.4, 0.5) is 0 Å². The van der Waals surface area contributed by atoms with Gasteiger partial charge in [-0.25, -0.2) is 0 Å². The molecule has 2 aromatic heterocycles. The summed E-state index contributed by atoms with van der Waals surface area (Å²) < 4.78 is 11.7. The molecule has 0 spiro atoms. The molecular weight excluding hydrogens is 867 g/mol. The largest absolute Gasteiger partial charge is 2.00 e. The van der Waals surface area contributed by atoms with Crippen LogP contribution in [0, 0.1) is 48.0 Å². The summed E-state index contributed by atoms with van der Waals surface area (Å²) >= 11 is 0. The molecule has 0 N–H and O–H groups in total. The zero-order valence-electron chi connectivity index (χ0n) is 38.2. The second-order valence-electron chi connectivity index (χ2n) is 18.6. The van der Waals surface area contributed by atoms with Gasteiger partial charge < -0.3 is 40.1 Å². The Morgan fingerprint density at radius 1 is 0.475 bits per heavy atom. The van der Waals surface area contributed by atoms with Crippen molar-refractivity contribution in [1.82, 2.24) is 0 Å². The fraction of sp³-hybridized carbons (Fsp3) is 0.304. The number of aryl methyl sites for hydroxylation is 4. The molecule has 1 aliphatic carbocycles. The zero-order chi connectivity index (χ0) is 41.5. The van der Waals surface area contributed by atoms with Gasteiger partial charge in [0.15, 0.2) is 0 Å². The third-order valence-electron chi connectivity index (χ3n) is 12.0. The van der Waals surface area contributed by atoms with E-state index in [1.165, 1.54) is 96.4 Å². The van der Waals surface area contributed by atoms with E-state index in [1.807, 2.05) is 26.0 Å². The molecule has 1 saturated carbocycles. The van der Waals surface area contributed by atoms with Gasteiger partial charge in [0.05, 0.1) is 23.0 Å². The van der Waals surface area contributed by atoms with Gasteiger partial charge in [0.25, 0.3) is 0 Å². The molecule has 2 heterocycles. The Labute approximate surface area is 397 Å². The summed E-state index contributed by atoms with van der Waals surface area (Å²) in [6.07, 6.45) is 6.50. The minimum Gasteiger partial charge on any atom is -1.00 e. The van der Waals surface area contributed by atoms with Crippen LogP contribution in [-0.4, -0.2) is 0 Å². The van der Waals surface area contributed by atoms with E-state index >= 15 is 0 Å². The summed E-state index contributed by atoms with van der Waals surface area (Å²) in [6, 6.07) is 39.9. The Kier molecular flexibility index (Phi) is 16.4. The van der Waals surface area contributed by atoms with E-state index < -0.39 is 0 Å². The third kappa shape index (κ3) is 11.0. The van der Waals surface area contributed by atoms with Crippen LogP contribution in [0.5, 0.6) is 0 Å². The van der Waals surface area contributed by atoms with Crippen LogP contribution in [0.1, 0.15) is 106 Å². The summed E-state index contributed by atoms with van der Waals surface area (Å²) in [5.74, 6) is 3.77. The molecule has 2 nitrogen and oxygen atoms in total. The van der Waals surface area contributed by atoms with Crippen molar-refractivity contribution in [1.29, 1.82) is 0 Å². The molecule has 5 heteroatoms. The molecule has 0 amide bonds. The second-order valence-corrected chi connectivity index (χ2v) is 18.6. The van der Waals surface area contributed by atoms with Crippen LogP contribution in [0.15, 0.2) is 118 Å². The molecule has 61 heavy (non-hydrogen) atoms. The van der Waals surface area contributed by atoms with Gasteiger partial charge >= 0.3 is 26.2 Å². The smallest absolute Gasteiger partial charge is 1.00 e. The fourth-order valence-corrected chi connectivity index (χ4v) is 7.89. The minimum atomic E-state index is 0. The quantitative estimate of drug-likeness (QED) is 0.164. The van der Waals surface area contributed by atoms with Gasteiger partial charge in [-0.05, 0) is 110 Å². The predicted molar refractivity (Wildman–Crippen MR) is 249 cm³/mol. The Morgan fingerprint density at radius 3 is 1.07 bits per heavy atom. The van der Waals surface area contributed by atoms with Crippen LogP contribution >= 0.6 is 0 Å². The maximum Gasteiger partial charge on any atom is 2.00 e. The number of hydrogen-bond donors (Lipinski definition) is 0. The molecule has 1 aliphatic rings. The molecule has 8 aromatic rings. The van der Waals surface area contributed by atoms with Gasteiger partial charge in [0.1, 0.15) is 0 Å². The van der Waals surface area contributed by atoms with Gasteiger partial charge in [-0.15, -0.1) is 64.4 Å². The molecule has 0 saturated heterocycles. The van der Waals surface area contributed by atoms with E-state index in [0.29, 0.717) is 0 Å². The average Bonchev–Trinajstić information content (AvgIpc) is 3.95. The van der Waals surface area contributed by atoms with Gasteiger partial charge in [0.2, 0.25) is 0 Å². The minimum absolute atomic E-state index is 0. The molecule has 9 rings (SSSR count). The topological polar surface area (TPSA) is 26.3 Å². The summed E-state index contributed by atoms with van der Waals surface area (Å²) in [5, 5.41) is 5.14. The Balaban J connectivity index is 0.000000235. The Morgan fingerprint density at radius 2 is 0.803 bits per heavy atom. The van der Waals surface area contributed by atoms with Crippen molar-refractivity contribution >= 4 is 21.5 Å². The molecule has 1 fully saturated rings. The van der Waals surface area contributed by atoms with Crippen molar-refractivity contribution in [3.63, 3.8) is 0 Å². The van der Waals surface area contributed by atoms with Crippen molar-refractivity contribution in [3.05, 3.63) is 161 Å². The van der Waals surface area contributed by atoms with Crippen LogP contribution in [0.25, 0.3) is 66.4 Å². The average molecular weight is 928 g/mol. The Bertz CT molecular complexity index is 2490. The van der Waals surface area contributed by atoms with E-state index in [0.717, 1.165) is 34.2 Å². The van der Waals surface area contributed by atoms with Crippen molar-refractivity contribution in [2.24, 2.45) is 0 Å². The first-order valence-corrected chi connectivity index (χ1v) is 21.1. The zero-order valence-corrected chi connectivity index (χ0v) is 42.1. The standard InChI is InChI=1S/2C26H27O.C4H7.2ClH.Zr/c2*1-16-13-20-14-21(24-12-7-17(2)27-24)15-23(20)25(18(16)3)19-8-10-22(11-9-19)26(4,5)6;1-2-4-3-1;;;/h2*7-15H,1-6H3;1H,2-4H2;2*1H;/q3*-1;;;+2/p-2. The van der Waals surface area contributed by atoms with E-state index in [2.05, 4.69) is 173 Å². The molecule has 0 aliphatic heterocycles. The number of furan rings is 2. The van der Waals surface area contributed by atoms with Crippen molar-refractivity contribution in [2.75, 3.05) is 0 Å². The van der Waals surface area contributed by atoms with Crippen LogP contribution in [0.2, 0.25) is 0 Å². The number of halogens is 2.